The number of ether oxygens (including phenoxy) is 2. The van der Waals surface area contributed by atoms with Crippen LogP contribution < -0.4 is 10.1 Å². The highest BCUT2D eigenvalue weighted by atomic mass is 35.5. The molecule has 0 aliphatic carbocycles. The number of nitrogens with zero attached hydrogens (tertiary/aromatic N) is 4. The Labute approximate surface area is 193 Å². The van der Waals surface area contributed by atoms with Gasteiger partial charge in [-0.05, 0) is 57.2 Å². The van der Waals surface area contributed by atoms with E-state index in [4.69, 9.17) is 20.8 Å². The summed E-state index contributed by atoms with van der Waals surface area (Å²) in [6.07, 6.45) is 1.03. The Morgan fingerprint density at radius 3 is 2.52 bits per heavy atom. The van der Waals surface area contributed by atoms with Gasteiger partial charge in [0.15, 0.2) is 6.61 Å². The molecule has 3 aromatic rings. The van der Waals surface area contributed by atoms with Crippen LogP contribution in [-0.4, -0.2) is 44.3 Å². The number of benzene rings is 1. The number of alkyl halides is 3. The van der Waals surface area contributed by atoms with Crippen LogP contribution in [0.1, 0.15) is 26.7 Å². The summed E-state index contributed by atoms with van der Waals surface area (Å²) in [5.41, 5.74) is -3.17. The molecule has 1 aromatic carbocycles. The molecule has 2 heterocycles. The van der Waals surface area contributed by atoms with Crippen LogP contribution in [0.3, 0.4) is 0 Å². The van der Waals surface area contributed by atoms with E-state index in [1.165, 1.54) is 29.2 Å². The molecule has 0 bridgehead atoms. The van der Waals surface area contributed by atoms with Crippen LogP contribution in [0, 0.1) is 0 Å². The van der Waals surface area contributed by atoms with Crippen LogP contribution in [0.4, 0.5) is 25.1 Å². The molecule has 0 saturated carbocycles. The highest BCUT2D eigenvalue weighted by molar-refractivity contribution is 6.20. The van der Waals surface area contributed by atoms with E-state index in [2.05, 4.69) is 25.2 Å². The van der Waals surface area contributed by atoms with Crippen molar-refractivity contribution in [1.29, 1.82) is 0 Å². The molecular formula is C21H22ClF2N5O4. The second kappa shape index (κ2) is 9.57. The van der Waals surface area contributed by atoms with Crippen LogP contribution in [0.2, 0.25) is 0 Å². The number of nitrogens with one attached hydrogen (secondary N) is 1. The van der Waals surface area contributed by atoms with Crippen molar-refractivity contribution >= 4 is 29.2 Å². The standard InChI is InChI=1S/C21H22ClF2N5O4/c1-20(2,3)29(4)19(30)31-12-16-27-28-18(32-16)15-6-5-11-25-17(15)26-13-7-9-14(10-8-13)33-21(22,23)24/h5-11H,12H2,1-4H3,(H,25,26). The lowest BCUT2D eigenvalue weighted by atomic mass is 10.1. The van der Waals surface area contributed by atoms with Gasteiger partial charge in [0.25, 0.3) is 11.8 Å². The highest BCUT2D eigenvalue weighted by Crippen LogP contribution is 2.30. The van der Waals surface area contributed by atoms with E-state index in [9.17, 15) is 13.6 Å². The van der Waals surface area contributed by atoms with Crippen molar-refractivity contribution < 1.29 is 27.5 Å². The summed E-state index contributed by atoms with van der Waals surface area (Å²) in [7, 11) is 1.63. The molecular weight excluding hydrogens is 460 g/mol. The molecule has 0 spiro atoms. The Balaban J connectivity index is 1.70. The molecule has 33 heavy (non-hydrogen) atoms. The molecule has 1 amide bonds. The molecule has 0 aliphatic rings. The summed E-state index contributed by atoms with van der Waals surface area (Å²) in [5, 5.41) is 11.0. The largest absolute Gasteiger partial charge is 0.487 e. The lowest BCUT2D eigenvalue weighted by Gasteiger charge is -2.30. The maximum atomic E-state index is 12.8. The topological polar surface area (TPSA) is 103 Å². The summed E-state index contributed by atoms with van der Waals surface area (Å²) in [6, 6.07) is 9.07. The monoisotopic (exact) mass is 481 g/mol. The van der Waals surface area contributed by atoms with E-state index in [1.54, 1.807) is 25.4 Å². The molecule has 12 heteroatoms. The number of aromatic nitrogens is 3. The second-order valence-corrected chi connectivity index (χ2v) is 8.32. The number of anilines is 2. The van der Waals surface area contributed by atoms with E-state index in [0.717, 1.165) is 0 Å². The van der Waals surface area contributed by atoms with E-state index in [-0.39, 0.29) is 24.1 Å². The zero-order chi connectivity index (χ0) is 24.2. The number of rotatable bonds is 7. The van der Waals surface area contributed by atoms with Crippen LogP contribution >= 0.6 is 11.6 Å². The van der Waals surface area contributed by atoms with Crippen LogP contribution in [-0.2, 0) is 11.3 Å². The van der Waals surface area contributed by atoms with Gasteiger partial charge in [0.2, 0.25) is 0 Å². The minimum Gasteiger partial charge on any atom is -0.439 e. The average molecular weight is 482 g/mol. The van der Waals surface area contributed by atoms with E-state index in [0.29, 0.717) is 17.1 Å². The fraction of sp³-hybridized carbons (Fsp3) is 0.333. The molecule has 2 aromatic heterocycles. The number of pyridine rings is 1. The summed E-state index contributed by atoms with van der Waals surface area (Å²) in [6.45, 7) is 5.44. The van der Waals surface area contributed by atoms with Gasteiger partial charge in [-0.25, -0.2) is 9.78 Å². The third-order valence-corrected chi connectivity index (χ3v) is 4.53. The van der Waals surface area contributed by atoms with E-state index < -0.39 is 17.2 Å². The quantitative estimate of drug-likeness (QED) is 0.447. The highest BCUT2D eigenvalue weighted by Gasteiger charge is 2.27. The SMILES string of the molecule is CN(C(=O)OCc1nnc(-c2cccnc2Nc2ccc(OC(F)(F)Cl)cc2)o1)C(C)(C)C. The van der Waals surface area contributed by atoms with Gasteiger partial charge in [0, 0.05) is 36.1 Å². The zero-order valence-corrected chi connectivity index (χ0v) is 19.1. The summed E-state index contributed by atoms with van der Waals surface area (Å²) in [5.74, 6) is 0.546. The molecule has 0 aliphatic heterocycles. The van der Waals surface area contributed by atoms with Crippen molar-refractivity contribution in [3.05, 3.63) is 48.5 Å². The summed E-state index contributed by atoms with van der Waals surface area (Å²) in [4.78, 5) is 17.9. The van der Waals surface area contributed by atoms with Gasteiger partial charge in [-0.3, -0.25) is 0 Å². The first-order valence-electron chi connectivity index (χ1n) is 9.73. The lowest BCUT2D eigenvalue weighted by Crippen LogP contribution is -2.42. The Kier molecular flexibility index (Phi) is 7.01. The molecule has 0 radical (unpaired) electrons. The first kappa shape index (κ1) is 24.2. The number of halogens is 3. The number of hydrogen-bond acceptors (Lipinski definition) is 8. The maximum Gasteiger partial charge on any atom is 0.487 e. The molecule has 0 unspecified atom stereocenters. The number of carbonyl (C=O) groups is 1. The second-order valence-electron chi connectivity index (χ2n) is 7.88. The predicted octanol–water partition coefficient (Wildman–Crippen LogP) is 5.41. The van der Waals surface area contributed by atoms with Crippen molar-refractivity contribution in [1.82, 2.24) is 20.1 Å². The zero-order valence-electron chi connectivity index (χ0n) is 18.3. The minimum absolute atomic E-state index is 0.102. The summed E-state index contributed by atoms with van der Waals surface area (Å²) < 4.78 is 40.6. The first-order chi connectivity index (χ1) is 15.4. The van der Waals surface area contributed by atoms with Crippen LogP contribution in [0.15, 0.2) is 47.0 Å². The third kappa shape index (κ3) is 6.75. The number of carbonyl (C=O) groups excluding carboxylic acids is 1. The Hall–Kier alpha value is -3.47. The minimum atomic E-state index is -3.80. The Morgan fingerprint density at radius 2 is 1.88 bits per heavy atom. The fourth-order valence-corrected chi connectivity index (χ4v) is 2.56. The van der Waals surface area contributed by atoms with Crippen molar-refractivity contribution in [2.75, 3.05) is 12.4 Å². The predicted molar refractivity (Wildman–Crippen MR) is 116 cm³/mol. The van der Waals surface area contributed by atoms with Gasteiger partial charge in [0.05, 0.1) is 5.56 Å². The van der Waals surface area contributed by atoms with Crippen molar-refractivity contribution in [2.24, 2.45) is 0 Å². The molecule has 0 atom stereocenters. The first-order valence-corrected chi connectivity index (χ1v) is 10.1. The lowest BCUT2D eigenvalue weighted by molar-refractivity contribution is -0.0964. The van der Waals surface area contributed by atoms with Crippen molar-refractivity contribution in [2.45, 2.75) is 38.5 Å². The maximum absolute atomic E-state index is 12.8. The van der Waals surface area contributed by atoms with Crippen molar-refractivity contribution in [3.8, 4) is 17.2 Å². The van der Waals surface area contributed by atoms with Crippen LogP contribution in [0.25, 0.3) is 11.5 Å². The van der Waals surface area contributed by atoms with Gasteiger partial charge in [0.1, 0.15) is 11.6 Å². The molecule has 0 fully saturated rings. The van der Waals surface area contributed by atoms with E-state index in [1.807, 2.05) is 20.8 Å². The third-order valence-electron chi connectivity index (χ3n) is 4.45. The molecule has 9 nitrogen and oxygen atoms in total. The fourth-order valence-electron chi connectivity index (χ4n) is 2.47. The normalized spacial score (nSPS) is 11.7. The van der Waals surface area contributed by atoms with Crippen molar-refractivity contribution in [3.63, 3.8) is 0 Å². The number of hydrogen-bond donors (Lipinski definition) is 1. The van der Waals surface area contributed by atoms with E-state index >= 15 is 0 Å². The molecule has 3 rings (SSSR count). The van der Waals surface area contributed by atoms with Crippen LogP contribution in [0.5, 0.6) is 5.75 Å². The molecule has 1 N–H and O–H groups in total. The van der Waals surface area contributed by atoms with Gasteiger partial charge in [-0.15, -0.1) is 19.0 Å². The summed E-state index contributed by atoms with van der Waals surface area (Å²) >= 11 is 4.77. The number of amides is 1. The van der Waals surface area contributed by atoms with Gasteiger partial charge < -0.3 is 24.1 Å². The van der Waals surface area contributed by atoms with Gasteiger partial charge in [-0.1, -0.05) is 0 Å². The van der Waals surface area contributed by atoms with Gasteiger partial charge in [-0.2, -0.15) is 0 Å². The molecule has 0 saturated heterocycles. The molecule has 176 valence electrons. The Morgan fingerprint density at radius 1 is 1.18 bits per heavy atom. The Bertz CT molecular complexity index is 1100. The van der Waals surface area contributed by atoms with Gasteiger partial charge >= 0.3 is 11.7 Å². The average Bonchev–Trinajstić information content (AvgIpc) is 3.20. The smallest absolute Gasteiger partial charge is 0.439 e.